The van der Waals surface area contributed by atoms with E-state index in [0.717, 1.165) is 19.4 Å². The molecular weight excluding hydrogens is 356 g/mol. The Morgan fingerprint density at radius 3 is 2.64 bits per heavy atom. The zero-order chi connectivity index (χ0) is 19.8. The first-order valence-corrected chi connectivity index (χ1v) is 9.66. The monoisotopic (exact) mass is 382 g/mol. The molecule has 1 saturated heterocycles. The second kappa shape index (κ2) is 9.90. The number of amides is 1. The number of nitrogens with one attached hydrogen (secondary N) is 1. The summed E-state index contributed by atoms with van der Waals surface area (Å²) in [5, 5.41) is 2.93. The van der Waals surface area contributed by atoms with E-state index in [0.29, 0.717) is 30.3 Å². The number of anilines is 1. The lowest BCUT2D eigenvalue weighted by atomic mass is 9.98. The third-order valence-electron chi connectivity index (χ3n) is 4.62. The van der Waals surface area contributed by atoms with Crippen molar-refractivity contribution in [3.8, 4) is 11.5 Å². The van der Waals surface area contributed by atoms with Gasteiger partial charge in [-0.3, -0.25) is 14.5 Å². The van der Waals surface area contributed by atoms with Crippen LogP contribution in [0.2, 0.25) is 0 Å². The lowest BCUT2D eigenvalue weighted by Gasteiger charge is -2.30. The molecule has 2 aromatic rings. The fourth-order valence-corrected chi connectivity index (χ4v) is 3.32. The minimum atomic E-state index is -0.172. The Morgan fingerprint density at radius 2 is 1.86 bits per heavy atom. The van der Waals surface area contributed by atoms with Crippen LogP contribution in [-0.2, 0) is 14.3 Å². The van der Waals surface area contributed by atoms with E-state index in [-0.39, 0.29) is 24.3 Å². The number of ether oxygens (including phenoxy) is 2. The number of hydrogen-bond donors (Lipinski definition) is 1. The van der Waals surface area contributed by atoms with Crippen LogP contribution >= 0.6 is 0 Å². The number of para-hydroxylation sites is 3. The Labute approximate surface area is 165 Å². The number of piperidine rings is 1. The van der Waals surface area contributed by atoms with Crippen LogP contribution < -0.4 is 10.1 Å². The average molecular weight is 382 g/mol. The van der Waals surface area contributed by atoms with Crippen molar-refractivity contribution in [3.63, 3.8) is 0 Å². The van der Waals surface area contributed by atoms with E-state index >= 15 is 0 Å². The van der Waals surface area contributed by atoms with E-state index in [9.17, 15) is 9.59 Å². The zero-order valence-corrected chi connectivity index (χ0v) is 16.1. The quantitative estimate of drug-likeness (QED) is 0.740. The molecule has 0 bridgehead atoms. The fourth-order valence-electron chi connectivity index (χ4n) is 3.32. The number of esters is 1. The van der Waals surface area contributed by atoms with Gasteiger partial charge in [0.05, 0.1) is 24.8 Å². The van der Waals surface area contributed by atoms with Gasteiger partial charge in [0.2, 0.25) is 5.91 Å². The van der Waals surface area contributed by atoms with Crippen LogP contribution in [0.15, 0.2) is 54.6 Å². The fraction of sp³-hybridized carbons (Fsp3) is 0.364. The molecule has 0 radical (unpaired) electrons. The van der Waals surface area contributed by atoms with E-state index in [2.05, 4.69) is 5.32 Å². The minimum absolute atomic E-state index is 0.131. The Bertz CT molecular complexity index is 794. The van der Waals surface area contributed by atoms with Gasteiger partial charge in [-0.2, -0.15) is 0 Å². The molecule has 1 atom stereocenters. The molecule has 0 saturated carbocycles. The average Bonchev–Trinajstić information content (AvgIpc) is 2.70. The molecule has 0 aliphatic carbocycles. The molecule has 1 aliphatic rings. The van der Waals surface area contributed by atoms with Crippen molar-refractivity contribution in [2.45, 2.75) is 19.8 Å². The second-order valence-corrected chi connectivity index (χ2v) is 6.79. The van der Waals surface area contributed by atoms with E-state index in [1.165, 1.54) is 0 Å². The van der Waals surface area contributed by atoms with Gasteiger partial charge in [-0.15, -0.1) is 0 Å². The smallest absolute Gasteiger partial charge is 0.310 e. The lowest BCUT2D eigenvalue weighted by Crippen LogP contribution is -2.43. The molecule has 0 aromatic heterocycles. The molecule has 1 fully saturated rings. The number of likely N-dealkylation sites (tertiary alicyclic amines) is 1. The molecule has 2 aromatic carbocycles. The van der Waals surface area contributed by atoms with Crippen LogP contribution in [0.1, 0.15) is 19.8 Å². The van der Waals surface area contributed by atoms with Gasteiger partial charge in [0.25, 0.3) is 0 Å². The molecule has 148 valence electrons. The van der Waals surface area contributed by atoms with Crippen LogP contribution in [-0.4, -0.2) is 43.0 Å². The molecule has 3 rings (SSSR count). The van der Waals surface area contributed by atoms with Gasteiger partial charge in [0.15, 0.2) is 5.75 Å². The van der Waals surface area contributed by atoms with Gasteiger partial charge in [0, 0.05) is 6.54 Å². The van der Waals surface area contributed by atoms with Crippen molar-refractivity contribution < 1.29 is 19.1 Å². The van der Waals surface area contributed by atoms with Crippen LogP contribution in [0.25, 0.3) is 0 Å². The van der Waals surface area contributed by atoms with Crippen LogP contribution in [0.5, 0.6) is 11.5 Å². The highest BCUT2D eigenvalue weighted by atomic mass is 16.5. The van der Waals surface area contributed by atoms with Crippen molar-refractivity contribution in [2.75, 3.05) is 31.6 Å². The first kappa shape index (κ1) is 19.9. The highest BCUT2D eigenvalue weighted by Gasteiger charge is 2.27. The maximum absolute atomic E-state index is 12.6. The second-order valence-electron chi connectivity index (χ2n) is 6.79. The van der Waals surface area contributed by atoms with Crippen LogP contribution in [0.3, 0.4) is 0 Å². The number of carbonyl (C=O) groups excluding carboxylic acids is 2. The summed E-state index contributed by atoms with van der Waals surface area (Å²) in [6.07, 6.45) is 1.69. The molecule has 1 heterocycles. The summed E-state index contributed by atoms with van der Waals surface area (Å²) in [7, 11) is 0. The molecule has 6 nitrogen and oxygen atoms in total. The van der Waals surface area contributed by atoms with E-state index in [1.54, 1.807) is 6.92 Å². The lowest BCUT2D eigenvalue weighted by molar-refractivity contribution is -0.150. The van der Waals surface area contributed by atoms with Crippen molar-refractivity contribution in [1.82, 2.24) is 4.90 Å². The Hall–Kier alpha value is -2.86. The van der Waals surface area contributed by atoms with Gasteiger partial charge < -0.3 is 14.8 Å². The molecular formula is C22H26N2O4. The van der Waals surface area contributed by atoms with Crippen LogP contribution in [0, 0.1) is 5.92 Å². The van der Waals surface area contributed by atoms with E-state index in [4.69, 9.17) is 9.47 Å². The van der Waals surface area contributed by atoms with Gasteiger partial charge >= 0.3 is 5.97 Å². The predicted molar refractivity (Wildman–Crippen MR) is 107 cm³/mol. The van der Waals surface area contributed by atoms with Gasteiger partial charge in [-0.1, -0.05) is 30.3 Å². The summed E-state index contributed by atoms with van der Waals surface area (Å²) in [4.78, 5) is 26.5. The number of benzene rings is 2. The highest BCUT2D eigenvalue weighted by Crippen LogP contribution is 2.29. The maximum atomic E-state index is 12.6. The van der Waals surface area contributed by atoms with Gasteiger partial charge in [0.1, 0.15) is 5.75 Å². The first-order chi connectivity index (χ1) is 13.7. The SMILES string of the molecule is CCOC(=O)C1CCCN(CC(=O)Nc2ccccc2Oc2ccccc2)C1. The molecule has 1 unspecified atom stereocenters. The molecule has 0 spiro atoms. The molecule has 1 aliphatic heterocycles. The summed E-state index contributed by atoms with van der Waals surface area (Å²) in [5.74, 6) is 0.834. The normalized spacial score (nSPS) is 17.0. The molecule has 28 heavy (non-hydrogen) atoms. The largest absolute Gasteiger partial charge is 0.466 e. The van der Waals surface area contributed by atoms with Crippen molar-refractivity contribution in [2.24, 2.45) is 5.92 Å². The number of hydrogen-bond acceptors (Lipinski definition) is 5. The summed E-state index contributed by atoms with van der Waals surface area (Å²) in [6.45, 7) is 3.77. The maximum Gasteiger partial charge on any atom is 0.310 e. The summed E-state index contributed by atoms with van der Waals surface area (Å²) in [5.41, 5.74) is 0.621. The Balaban J connectivity index is 1.58. The highest BCUT2D eigenvalue weighted by molar-refractivity contribution is 5.93. The zero-order valence-electron chi connectivity index (χ0n) is 16.1. The third kappa shape index (κ3) is 5.57. The Morgan fingerprint density at radius 1 is 1.11 bits per heavy atom. The number of carbonyl (C=O) groups is 2. The topological polar surface area (TPSA) is 67.9 Å². The summed E-state index contributed by atoms with van der Waals surface area (Å²) in [6, 6.07) is 16.8. The molecule has 6 heteroatoms. The van der Waals surface area contributed by atoms with Crippen molar-refractivity contribution in [1.29, 1.82) is 0 Å². The van der Waals surface area contributed by atoms with E-state index < -0.39 is 0 Å². The summed E-state index contributed by atoms with van der Waals surface area (Å²) >= 11 is 0. The predicted octanol–water partition coefficient (Wildman–Crippen LogP) is 3.69. The third-order valence-corrected chi connectivity index (χ3v) is 4.62. The number of nitrogens with zero attached hydrogens (tertiary/aromatic N) is 1. The van der Waals surface area contributed by atoms with Gasteiger partial charge in [-0.25, -0.2) is 0 Å². The minimum Gasteiger partial charge on any atom is -0.466 e. The number of rotatable bonds is 7. The first-order valence-electron chi connectivity index (χ1n) is 9.66. The van der Waals surface area contributed by atoms with E-state index in [1.807, 2.05) is 59.5 Å². The molecule has 1 amide bonds. The van der Waals surface area contributed by atoms with Gasteiger partial charge in [-0.05, 0) is 50.6 Å². The van der Waals surface area contributed by atoms with Crippen molar-refractivity contribution in [3.05, 3.63) is 54.6 Å². The van der Waals surface area contributed by atoms with Crippen molar-refractivity contribution >= 4 is 17.6 Å². The van der Waals surface area contributed by atoms with Crippen LogP contribution in [0.4, 0.5) is 5.69 Å². The molecule has 1 N–H and O–H groups in total. The summed E-state index contributed by atoms with van der Waals surface area (Å²) < 4.78 is 11.0. The standard InChI is InChI=1S/C22H26N2O4/c1-2-27-22(26)17-9-8-14-24(15-17)16-21(25)23-19-12-6-7-13-20(19)28-18-10-4-3-5-11-18/h3-7,10-13,17H,2,8-9,14-16H2,1H3,(H,23,25). The Kier molecular flexibility index (Phi) is 7.03.